The van der Waals surface area contributed by atoms with Crippen LogP contribution in [0.4, 0.5) is 0 Å². The highest BCUT2D eigenvalue weighted by Gasteiger charge is 2.26. The molecule has 124 valence electrons. The van der Waals surface area contributed by atoms with Gasteiger partial charge in [0.05, 0.1) is 15.9 Å². The van der Waals surface area contributed by atoms with Crippen LogP contribution in [0.2, 0.25) is 0 Å². The lowest BCUT2D eigenvalue weighted by atomic mass is 10.1. The third-order valence-corrected chi connectivity index (χ3v) is 6.65. The Bertz CT molecular complexity index is 1070. The molecule has 1 aliphatic heterocycles. The first-order valence-electron chi connectivity index (χ1n) is 7.49. The van der Waals surface area contributed by atoms with E-state index in [4.69, 9.17) is 0 Å². The van der Waals surface area contributed by atoms with E-state index < -0.39 is 10.0 Å². The average molecular weight is 361 g/mol. The van der Waals surface area contributed by atoms with Crippen LogP contribution in [0.15, 0.2) is 57.1 Å². The van der Waals surface area contributed by atoms with Gasteiger partial charge in [-0.25, -0.2) is 17.9 Å². The lowest BCUT2D eigenvalue weighted by Gasteiger charge is -2.25. The Hall–Kier alpha value is -2.03. The molecule has 0 amide bonds. The molecule has 1 atom stereocenters. The number of hydrogen-bond acceptors (Lipinski definition) is 4. The summed E-state index contributed by atoms with van der Waals surface area (Å²) < 4.78 is 28.3. The van der Waals surface area contributed by atoms with E-state index in [-0.39, 0.29) is 16.6 Å². The number of aromatic amines is 2. The van der Waals surface area contributed by atoms with Gasteiger partial charge in [-0.2, -0.15) is 0 Å². The topological polar surface area (TPSA) is 94.8 Å². The highest BCUT2D eigenvalue weighted by atomic mass is 32.2. The van der Waals surface area contributed by atoms with Crippen molar-refractivity contribution in [1.82, 2.24) is 14.7 Å². The molecular weight excluding hydrogens is 346 g/mol. The zero-order chi connectivity index (χ0) is 16.7. The maximum Gasteiger partial charge on any atom is 0.323 e. The van der Waals surface area contributed by atoms with E-state index in [1.54, 1.807) is 17.8 Å². The minimum atomic E-state index is -3.68. The highest BCUT2D eigenvalue weighted by molar-refractivity contribution is 7.99. The van der Waals surface area contributed by atoms with Crippen molar-refractivity contribution in [3.63, 3.8) is 0 Å². The van der Waals surface area contributed by atoms with Crippen molar-refractivity contribution in [2.45, 2.75) is 22.3 Å². The molecule has 8 heteroatoms. The van der Waals surface area contributed by atoms with Crippen LogP contribution in [0.1, 0.15) is 18.0 Å². The van der Waals surface area contributed by atoms with Crippen LogP contribution in [0.5, 0.6) is 0 Å². The smallest absolute Gasteiger partial charge is 0.306 e. The number of imidazole rings is 1. The molecule has 0 fully saturated rings. The third kappa shape index (κ3) is 2.77. The van der Waals surface area contributed by atoms with Gasteiger partial charge in [-0.3, -0.25) is 0 Å². The minimum Gasteiger partial charge on any atom is -0.306 e. The largest absolute Gasteiger partial charge is 0.323 e. The van der Waals surface area contributed by atoms with E-state index in [1.165, 1.54) is 12.1 Å². The molecule has 0 bridgehead atoms. The van der Waals surface area contributed by atoms with Gasteiger partial charge in [-0.1, -0.05) is 18.2 Å². The number of thioether (sulfide) groups is 1. The molecule has 24 heavy (non-hydrogen) atoms. The van der Waals surface area contributed by atoms with Gasteiger partial charge < -0.3 is 9.97 Å². The van der Waals surface area contributed by atoms with Crippen LogP contribution < -0.4 is 10.4 Å². The predicted octanol–water partition coefficient (Wildman–Crippen LogP) is 2.37. The highest BCUT2D eigenvalue weighted by Crippen LogP contribution is 2.36. The van der Waals surface area contributed by atoms with Gasteiger partial charge in [0.25, 0.3) is 0 Å². The van der Waals surface area contributed by atoms with Gasteiger partial charge in [-0.15, -0.1) is 11.8 Å². The minimum absolute atomic E-state index is 0.140. The van der Waals surface area contributed by atoms with Crippen molar-refractivity contribution in [3.8, 4) is 0 Å². The SMILES string of the molecule is O=c1[nH]c2ccc(S(=O)(=O)N[C@H]3CCSc4ccccc43)cc2[nH]1. The van der Waals surface area contributed by atoms with E-state index in [0.29, 0.717) is 11.0 Å². The maximum atomic E-state index is 12.7. The van der Waals surface area contributed by atoms with Gasteiger partial charge in [-0.05, 0) is 42.0 Å². The van der Waals surface area contributed by atoms with Crippen LogP contribution in [0, 0.1) is 0 Å². The van der Waals surface area contributed by atoms with E-state index in [0.717, 1.165) is 22.6 Å². The zero-order valence-electron chi connectivity index (χ0n) is 12.6. The van der Waals surface area contributed by atoms with Crippen molar-refractivity contribution in [2.24, 2.45) is 0 Å². The summed E-state index contributed by atoms with van der Waals surface area (Å²) in [5.74, 6) is 0.869. The molecule has 0 aliphatic carbocycles. The number of H-pyrrole nitrogens is 2. The fraction of sp³-hybridized carbons (Fsp3) is 0.188. The van der Waals surface area contributed by atoms with E-state index in [9.17, 15) is 13.2 Å². The van der Waals surface area contributed by atoms with Crippen molar-refractivity contribution < 1.29 is 8.42 Å². The Kier molecular flexibility index (Phi) is 3.75. The van der Waals surface area contributed by atoms with Crippen LogP contribution >= 0.6 is 11.8 Å². The predicted molar refractivity (Wildman–Crippen MR) is 93.8 cm³/mol. The molecule has 0 spiro atoms. The molecule has 6 nitrogen and oxygen atoms in total. The van der Waals surface area contributed by atoms with E-state index in [1.807, 2.05) is 24.3 Å². The van der Waals surface area contributed by atoms with Gasteiger partial charge in [0.2, 0.25) is 10.0 Å². The van der Waals surface area contributed by atoms with Crippen molar-refractivity contribution >= 4 is 32.8 Å². The molecule has 3 N–H and O–H groups in total. The molecular formula is C16H15N3O3S2. The van der Waals surface area contributed by atoms with E-state index >= 15 is 0 Å². The van der Waals surface area contributed by atoms with Crippen molar-refractivity contribution in [2.75, 3.05) is 5.75 Å². The Balaban J connectivity index is 1.69. The third-order valence-electron chi connectivity index (χ3n) is 4.05. The molecule has 3 aromatic rings. The second-order valence-electron chi connectivity index (χ2n) is 5.64. The summed E-state index contributed by atoms with van der Waals surface area (Å²) in [6.45, 7) is 0. The van der Waals surface area contributed by atoms with Crippen LogP contribution in [-0.4, -0.2) is 24.1 Å². The molecule has 0 saturated heterocycles. The Morgan fingerprint density at radius 3 is 2.75 bits per heavy atom. The second kappa shape index (κ2) is 5.80. The normalized spacial score (nSPS) is 17.8. The molecule has 0 radical (unpaired) electrons. The number of rotatable bonds is 3. The van der Waals surface area contributed by atoms with Crippen LogP contribution in [0.25, 0.3) is 11.0 Å². The fourth-order valence-electron chi connectivity index (χ4n) is 2.90. The summed E-state index contributed by atoms with van der Waals surface area (Å²) in [5, 5.41) is 0. The van der Waals surface area contributed by atoms with Gasteiger partial charge >= 0.3 is 5.69 Å². The zero-order valence-corrected chi connectivity index (χ0v) is 14.2. The van der Waals surface area contributed by atoms with Crippen molar-refractivity contribution in [1.29, 1.82) is 0 Å². The average Bonchev–Trinajstić information content (AvgIpc) is 2.94. The monoisotopic (exact) mass is 361 g/mol. The molecule has 2 aromatic carbocycles. The molecule has 1 aromatic heterocycles. The summed E-state index contributed by atoms with van der Waals surface area (Å²) in [5.41, 5.74) is 1.71. The first-order valence-corrected chi connectivity index (χ1v) is 9.96. The summed E-state index contributed by atoms with van der Waals surface area (Å²) in [4.78, 5) is 17.8. The molecule has 0 unspecified atom stereocenters. The summed E-state index contributed by atoms with van der Waals surface area (Å²) in [7, 11) is -3.68. The summed E-state index contributed by atoms with van der Waals surface area (Å²) >= 11 is 1.74. The Morgan fingerprint density at radius 2 is 1.88 bits per heavy atom. The Labute approximate surface area is 142 Å². The molecule has 1 aliphatic rings. The summed E-state index contributed by atoms with van der Waals surface area (Å²) in [6.07, 6.45) is 0.740. The number of fused-ring (bicyclic) bond motifs is 2. The first kappa shape index (κ1) is 15.5. The lowest BCUT2D eigenvalue weighted by Crippen LogP contribution is -2.30. The quantitative estimate of drug-likeness (QED) is 0.667. The number of aromatic nitrogens is 2. The summed E-state index contributed by atoms with van der Waals surface area (Å²) in [6, 6.07) is 12.2. The van der Waals surface area contributed by atoms with E-state index in [2.05, 4.69) is 14.7 Å². The van der Waals surface area contributed by atoms with Crippen LogP contribution in [-0.2, 0) is 10.0 Å². The van der Waals surface area contributed by atoms with Crippen LogP contribution in [0.3, 0.4) is 0 Å². The first-order chi connectivity index (χ1) is 11.5. The van der Waals surface area contributed by atoms with Gasteiger partial charge in [0.15, 0.2) is 0 Å². The second-order valence-corrected chi connectivity index (χ2v) is 8.49. The Morgan fingerprint density at radius 1 is 1.08 bits per heavy atom. The number of hydrogen-bond donors (Lipinski definition) is 3. The lowest BCUT2D eigenvalue weighted by molar-refractivity contribution is 0.546. The van der Waals surface area contributed by atoms with Gasteiger partial charge in [0, 0.05) is 10.9 Å². The fourth-order valence-corrected chi connectivity index (χ4v) is 5.30. The molecule has 4 rings (SSSR count). The molecule has 2 heterocycles. The number of nitrogens with one attached hydrogen (secondary N) is 3. The standard InChI is InChI=1S/C16H15N3O3S2/c20-16-17-13-6-5-10(9-14(13)18-16)24(21,22)19-12-7-8-23-15-4-2-1-3-11(12)15/h1-6,9,12,19H,7-8H2,(H2,17,18,20)/t12-/m0/s1. The maximum absolute atomic E-state index is 12.7. The van der Waals surface area contributed by atoms with Crippen molar-refractivity contribution in [3.05, 3.63) is 58.5 Å². The van der Waals surface area contributed by atoms with Gasteiger partial charge in [0.1, 0.15) is 0 Å². The molecule has 0 saturated carbocycles. The number of benzene rings is 2. The number of sulfonamides is 1.